The van der Waals surface area contributed by atoms with E-state index in [1.807, 2.05) is 24.3 Å². The fourth-order valence-corrected chi connectivity index (χ4v) is 5.38. The van der Waals surface area contributed by atoms with Crippen LogP contribution in [0.3, 0.4) is 0 Å². The number of benzene rings is 2. The minimum absolute atomic E-state index is 0.235. The normalized spacial score (nSPS) is 15.3. The van der Waals surface area contributed by atoms with Crippen molar-refractivity contribution in [3.63, 3.8) is 0 Å². The molecule has 1 amide bonds. The lowest BCUT2D eigenvalue weighted by Gasteiger charge is -2.17. The Kier molecular flexibility index (Phi) is 13.0. The van der Waals surface area contributed by atoms with E-state index in [1.54, 1.807) is 6.21 Å². The molecule has 0 saturated carbocycles. The Balaban J connectivity index is 1.34. The molecular formula is C31H44N2O5S. The first kappa shape index (κ1) is 30.8. The highest BCUT2D eigenvalue weighted by Crippen LogP contribution is 2.32. The van der Waals surface area contributed by atoms with Gasteiger partial charge in [0.2, 0.25) is 0 Å². The van der Waals surface area contributed by atoms with Crippen molar-refractivity contribution in [1.29, 1.82) is 0 Å². The van der Waals surface area contributed by atoms with Gasteiger partial charge in [0.05, 0.1) is 17.2 Å². The summed E-state index contributed by atoms with van der Waals surface area (Å²) in [4.78, 5) is 12.9. The van der Waals surface area contributed by atoms with Crippen molar-refractivity contribution in [2.24, 2.45) is 5.10 Å². The van der Waals surface area contributed by atoms with Gasteiger partial charge in [-0.3, -0.25) is 9.35 Å². The van der Waals surface area contributed by atoms with E-state index in [9.17, 15) is 17.8 Å². The summed E-state index contributed by atoms with van der Waals surface area (Å²) in [5.74, 6) is -0.151. The van der Waals surface area contributed by atoms with Crippen molar-refractivity contribution >= 4 is 27.9 Å². The van der Waals surface area contributed by atoms with Gasteiger partial charge in [0.15, 0.2) is 0 Å². The van der Waals surface area contributed by atoms with Crippen LogP contribution in [0.4, 0.5) is 5.69 Å². The van der Waals surface area contributed by atoms with Gasteiger partial charge in [-0.05, 0) is 36.8 Å². The van der Waals surface area contributed by atoms with Gasteiger partial charge < -0.3 is 4.74 Å². The number of hydrogen-bond acceptors (Lipinski definition) is 5. The lowest BCUT2D eigenvalue weighted by Crippen LogP contribution is -2.25. The Morgan fingerprint density at radius 3 is 1.90 bits per heavy atom. The average Bonchev–Trinajstić information content (AvgIpc) is 3.31. The standard InChI is InChI=1S/C31H44N2O5S/c1-2-3-4-5-6-7-8-9-10-11-12-13-14-17-24-38-30-19-16-15-18-28(30)29-25-32-33(31(29)34)26-20-22-27(23-21-26)39(35,36)37/h15-16,18-23,25,29H,2-14,17,24H2,1H3,(H,35,36,37). The molecule has 0 aliphatic carbocycles. The van der Waals surface area contributed by atoms with E-state index < -0.39 is 16.0 Å². The number of carbonyl (C=O) groups excluding carboxylic acids is 1. The molecule has 2 aromatic rings. The van der Waals surface area contributed by atoms with Crippen LogP contribution in [0.15, 0.2) is 58.5 Å². The molecule has 1 aliphatic heterocycles. The third-order valence-electron chi connectivity index (χ3n) is 7.19. The van der Waals surface area contributed by atoms with Gasteiger partial charge in [0.1, 0.15) is 11.7 Å². The maximum atomic E-state index is 13.1. The van der Waals surface area contributed by atoms with Gasteiger partial charge in [0, 0.05) is 11.8 Å². The van der Waals surface area contributed by atoms with E-state index in [0.717, 1.165) is 18.4 Å². The molecule has 0 bridgehead atoms. The average molecular weight is 557 g/mol. The van der Waals surface area contributed by atoms with Crippen LogP contribution in [0.2, 0.25) is 0 Å². The molecule has 7 nitrogen and oxygen atoms in total. The lowest BCUT2D eigenvalue weighted by atomic mass is 9.99. The lowest BCUT2D eigenvalue weighted by molar-refractivity contribution is -0.118. The van der Waals surface area contributed by atoms with Crippen molar-refractivity contribution in [1.82, 2.24) is 0 Å². The number of anilines is 1. The maximum Gasteiger partial charge on any atom is 0.294 e. The van der Waals surface area contributed by atoms with Crippen LogP contribution >= 0.6 is 0 Å². The van der Waals surface area contributed by atoms with Crippen LogP contribution in [0, 0.1) is 0 Å². The zero-order valence-corrected chi connectivity index (χ0v) is 24.1. The van der Waals surface area contributed by atoms with Gasteiger partial charge in [-0.1, -0.05) is 109 Å². The molecular weight excluding hydrogens is 512 g/mol. The number of hydrogen-bond donors (Lipinski definition) is 1. The molecule has 2 aromatic carbocycles. The molecule has 3 rings (SSSR count). The molecule has 39 heavy (non-hydrogen) atoms. The molecule has 8 heteroatoms. The largest absolute Gasteiger partial charge is 0.493 e. The number of unbranched alkanes of at least 4 members (excludes halogenated alkanes) is 13. The third kappa shape index (κ3) is 10.1. The zero-order valence-electron chi connectivity index (χ0n) is 23.3. The van der Waals surface area contributed by atoms with Gasteiger partial charge in [0.25, 0.3) is 16.0 Å². The second-order valence-corrected chi connectivity index (χ2v) is 11.8. The summed E-state index contributed by atoms with van der Waals surface area (Å²) in [6.45, 7) is 2.87. The van der Waals surface area contributed by atoms with Crippen molar-refractivity contribution in [2.75, 3.05) is 11.6 Å². The molecule has 0 saturated heterocycles. The number of carbonyl (C=O) groups is 1. The van der Waals surface area contributed by atoms with Crippen molar-refractivity contribution < 1.29 is 22.5 Å². The van der Waals surface area contributed by atoms with Gasteiger partial charge in [-0.15, -0.1) is 0 Å². The minimum Gasteiger partial charge on any atom is -0.493 e. The molecule has 1 aliphatic rings. The van der Waals surface area contributed by atoms with Crippen LogP contribution in [-0.4, -0.2) is 31.7 Å². The Morgan fingerprint density at radius 1 is 0.795 bits per heavy atom. The van der Waals surface area contributed by atoms with Crippen LogP contribution in [0.25, 0.3) is 0 Å². The minimum atomic E-state index is -4.30. The first-order chi connectivity index (χ1) is 18.9. The highest BCUT2D eigenvalue weighted by atomic mass is 32.2. The summed E-state index contributed by atoms with van der Waals surface area (Å²) in [5, 5.41) is 5.48. The molecule has 0 spiro atoms. The quantitative estimate of drug-likeness (QED) is 0.140. The molecule has 0 aromatic heterocycles. The first-order valence-electron chi connectivity index (χ1n) is 14.6. The van der Waals surface area contributed by atoms with E-state index in [0.29, 0.717) is 18.0 Å². The van der Waals surface area contributed by atoms with Gasteiger partial charge >= 0.3 is 0 Å². The van der Waals surface area contributed by atoms with Gasteiger partial charge in [-0.25, -0.2) is 5.01 Å². The summed E-state index contributed by atoms with van der Waals surface area (Å²) < 4.78 is 37.8. The molecule has 0 fully saturated rings. The Bertz CT molecular complexity index is 1150. The van der Waals surface area contributed by atoms with Crippen molar-refractivity contribution in [3.8, 4) is 5.75 Å². The van der Waals surface area contributed by atoms with Crippen LogP contribution < -0.4 is 9.75 Å². The highest BCUT2D eigenvalue weighted by Gasteiger charge is 2.33. The third-order valence-corrected chi connectivity index (χ3v) is 8.06. The SMILES string of the molecule is CCCCCCCCCCCCCCCCOc1ccccc1C1C=NN(c2ccc(S(=O)(=O)O)cc2)C1=O. The molecule has 1 atom stereocenters. The fourth-order valence-electron chi connectivity index (χ4n) is 4.90. The Morgan fingerprint density at radius 2 is 1.33 bits per heavy atom. The number of rotatable bonds is 19. The predicted octanol–water partition coefficient (Wildman–Crippen LogP) is 7.91. The summed E-state index contributed by atoms with van der Waals surface area (Å²) in [6, 6.07) is 12.9. The number of nitrogens with zero attached hydrogens (tertiary/aromatic N) is 2. The second kappa shape index (κ2) is 16.4. The number of amides is 1. The summed E-state index contributed by atoms with van der Waals surface area (Å²) >= 11 is 0. The summed E-state index contributed by atoms with van der Waals surface area (Å²) in [6.07, 6.45) is 19.9. The first-order valence-corrected chi connectivity index (χ1v) is 16.0. The van der Waals surface area contributed by atoms with E-state index in [4.69, 9.17) is 4.74 Å². The van der Waals surface area contributed by atoms with Crippen LogP contribution in [-0.2, 0) is 14.9 Å². The van der Waals surface area contributed by atoms with Crippen LogP contribution in [0.5, 0.6) is 5.75 Å². The van der Waals surface area contributed by atoms with Gasteiger partial charge in [-0.2, -0.15) is 13.5 Å². The topological polar surface area (TPSA) is 96.3 Å². The van der Waals surface area contributed by atoms with Crippen LogP contribution in [0.1, 0.15) is 108 Å². The van der Waals surface area contributed by atoms with E-state index in [-0.39, 0.29) is 10.8 Å². The van der Waals surface area contributed by atoms with Crippen molar-refractivity contribution in [3.05, 3.63) is 54.1 Å². The monoisotopic (exact) mass is 556 g/mol. The fraction of sp³-hybridized carbons (Fsp3) is 0.548. The van der Waals surface area contributed by atoms with Crippen molar-refractivity contribution in [2.45, 2.75) is 108 Å². The Labute approximate surface area is 234 Å². The smallest absolute Gasteiger partial charge is 0.294 e. The maximum absolute atomic E-state index is 13.1. The predicted molar refractivity (Wildman–Crippen MR) is 157 cm³/mol. The number of para-hydroxylation sites is 1. The summed E-state index contributed by atoms with van der Waals surface area (Å²) in [7, 11) is -4.30. The zero-order chi connectivity index (χ0) is 27.9. The van der Waals surface area contributed by atoms with E-state index >= 15 is 0 Å². The Hall–Kier alpha value is -2.71. The number of hydrazone groups is 1. The number of ether oxygens (including phenoxy) is 1. The van der Waals surface area contributed by atoms with E-state index in [2.05, 4.69) is 12.0 Å². The molecule has 0 radical (unpaired) electrons. The van der Waals surface area contributed by atoms with E-state index in [1.165, 1.54) is 106 Å². The molecule has 1 N–H and O–H groups in total. The highest BCUT2D eigenvalue weighted by molar-refractivity contribution is 7.85. The second-order valence-electron chi connectivity index (χ2n) is 10.3. The molecule has 1 unspecified atom stereocenters. The summed E-state index contributed by atoms with van der Waals surface area (Å²) in [5.41, 5.74) is 1.18. The molecule has 214 valence electrons. The molecule has 1 heterocycles.